The van der Waals surface area contributed by atoms with Crippen LogP contribution in [0.4, 0.5) is 5.82 Å². The molecule has 0 saturated carbocycles. The molecule has 0 aliphatic carbocycles. The SMILES string of the molecule is CCOC(=O)/C(C)=C\Nc1ccc(OCC)c(C)n1. The van der Waals surface area contributed by atoms with E-state index in [-0.39, 0.29) is 5.97 Å². The third kappa shape index (κ3) is 4.62. The largest absolute Gasteiger partial charge is 0.492 e. The number of carbonyl (C=O) groups excluding carboxylic acids is 1. The number of nitrogens with one attached hydrogen (secondary N) is 1. The molecular weight excluding hydrogens is 244 g/mol. The maximum atomic E-state index is 11.4. The number of aromatic nitrogens is 1. The molecule has 5 nitrogen and oxygen atoms in total. The van der Waals surface area contributed by atoms with Crippen LogP contribution in [0, 0.1) is 6.92 Å². The Labute approximate surface area is 113 Å². The van der Waals surface area contributed by atoms with Gasteiger partial charge in [0.15, 0.2) is 0 Å². The lowest BCUT2D eigenvalue weighted by molar-refractivity contribution is -0.138. The summed E-state index contributed by atoms with van der Waals surface area (Å²) in [5, 5.41) is 2.96. The average molecular weight is 264 g/mol. The minimum atomic E-state index is -0.336. The third-order valence-corrected chi connectivity index (χ3v) is 2.37. The number of nitrogens with zero attached hydrogens (tertiary/aromatic N) is 1. The van der Waals surface area contributed by atoms with Gasteiger partial charge >= 0.3 is 5.97 Å². The highest BCUT2D eigenvalue weighted by molar-refractivity contribution is 5.88. The van der Waals surface area contributed by atoms with E-state index in [2.05, 4.69) is 10.3 Å². The fourth-order valence-corrected chi connectivity index (χ4v) is 1.42. The van der Waals surface area contributed by atoms with Gasteiger partial charge in [0, 0.05) is 6.20 Å². The van der Waals surface area contributed by atoms with E-state index in [1.807, 2.05) is 19.9 Å². The van der Waals surface area contributed by atoms with E-state index < -0.39 is 0 Å². The van der Waals surface area contributed by atoms with Crippen molar-refractivity contribution in [1.29, 1.82) is 0 Å². The second kappa shape index (κ2) is 7.41. The van der Waals surface area contributed by atoms with Gasteiger partial charge in [-0.25, -0.2) is 9.78 Å². The zero-order valence-corrected chi connectivity index (χ0v) is 11.8. The summed E-state index contributed by atoms with van der Waals surface area (Å²) in [4.78, 5) is 15.7. The van der Waals surface area contributed by atoms with Crippen molar-refractivity contribution in [1.82, 2.24) is 4.98 Å². The van der Waals surface area contributed by atoms with Crippen LogP contribution in [0.2, 0.25) is 0 Å². The van der Waals surface area contributed by atoms with Gasteiger partial charge in [0.2, 0.25) is 0 Å². The Balaban J connectivity index is 2.70. The summed E-state index contributed by atoms with van der Waals surface area (Å²) in [6.07, 6.45) is 1.58. The van der Waals surface area contributed by atoms with Gasteiger partial charge in [-0.05, 0) is 39.8 Å². The van der Waals surface area contributed by atoms with Crippen LogP contribution in [0.25, 0.3) is 0 Å². The van der Waals surface area contributed by atoms with Crippen molar-refractivity contribution < 1.29 is 14.3 Å². The highest BCUT2D eigenvalue weighted by atomic mass is 16.5. The van der Waals surface area contributed by atoms with Crippen molar-refractivity contribution >= 4 is 11.8 Å². The van der Waals surface area contributed by atoms with Gasteiger partial charge < -0.3 is 14.8 Å². The quantitative estimate of drug-likeness (QED) is 0.632. The lowest BCUT2D eigenvalue weighted by Crippen LogP contribution is -2.07. The number of carbonyl (C=O) groups is 1. The molecule has 0 spiro atoms. The normalized spacial score (nSPS) is 11.1. The van der Waals surface area contributed by atoms with Gasteiger partial charge in [-0.1, -0.05) is 0 Å². The Hall–Kier alpha value is -2.04. The van der Waals surface area contributed by atoms with E-state index in [0.29, 0.717) is 24.6 Å². The molecule has 104 valence electrons. The number of hydrogen-bond donors (Lipinski definition) is 1. The molecule has 0 aliphatic heterocycles. The predicted molar refractivity (Wildman–Crippen MR) is 74.2 cm³/mol. The van der Waals surface area contributed by atoms with Crippen molar-refractivity contribution in [3.63, 3.8) is 0 Å². The van der Waals surface area contributed by atoms with Gasteiger partial charge in [-0.15, -0.1) is 0 Å². The summed E-state index contributed by atoms with van der Waals surface area (Å²) in [5.74, 6) is 1.08. The van der Waals surface area contributed by atoms with Crippen LogP contribution in [-0.4, -0.2) is 24.2 Å². The zero-order valence-electron chi connectivity index (χ0n) is 11.8. The highest BCUT2D eigenvalue weighted by Gasteiger charge is 2.05. The number of aryl methyl sites for hydroxylation is 1. The van der Waals surface area contributed by atoms with Gasteiger partial charge in [0.1, 0.15) is 11.6 Å². The van der Waals surface area contributed by atoms with Crippen LogP contribution in [-0.2, 0) is 9.53 Å². The first kappa shape index (κ1) is 15.0. The molecule has 0 atom stereocenters. The standard InChI is InChI=1S/C14H20N2O3/c1-5-18-12-7-8-13(16-11(12)4)15-9-10(3)14(17)19-6-2/h7-9H,5-6H2,1-4H3,(H,15,16)/b10-9-. The van der Waals surface area contributed by atoms with E-state index in [9.17, 15) is 4.79 Å². The van der Waals surface area contributed by atoms with Crippen molar-refractivity contribution in [3.8, 4) is 5.75 Å². The van der Waals surface area contributed by atoms with Gasteiger partial charge in [0.25, 0.3) is 0 Å². The second-order valence-electron chi connectivity index (χ2n) is 3.91. The summed E-state index contributed by atoms with van der Waals surface area (Å²) in [6, 6.07) is 3.65. The van der Waals surface area contributed by atoms with Crippen molar-refractivity contribution in [3.05, 3.63) is 29.6 Å². The number of anilines is 1. The molecule has 0 amide bonds. The van der Waals surface area contributed by atoms with E-state index in [1.54, 1.807) is 26.1 Å². The first-order chi connectivity index (χ1) is 9.08. The number of pyridine rings is 1. The van der Waals surface area contributed by atoms with Crippen LogP contribution in [0.1, 0.15) is 26.5 Å². The van der Waals surface area contributed by atoms with Gasteiger partial charge in [-0.2, -0.15) is 0 Å². The number of rotatable bonds is 6. The molecule has 0 saturated heterocycles. The molecule has 0 bridgehead atoms. The smallest absolute Gasteiger partial charge is 0.335 e. The maximum absolute atomic E-state index is 11.4. The van der Waals surface area contributed by atoms with Crippen LogP contribution in [0.5, 0.6) is 5.75 Å². The minimum Gasteiger partial charge on any atom is -0.492 e. The molecule has 1 rings (SSSR count). The summed E-state index contributed by atoms with van der Waals surface area (Å²) in [5.41, 5.74) is 1.30. The summed E-state index contributed by atoms with van der Waals surface area (Å²) in [7, 11) is 0. The molecule has 0 aliphatic rings. The molecule has 1 heterocycles. The molecule has 1 aromatic rings. The first-order valence-electron chi connectivity index (χ1n) is 6.29. The lowest BCUT2D eigenvalue weighted by Gasteiger charge is -2.08. The van der Waals surface area contributed by atoms with E-state index in [4.69, 9.17) is 9.47 Å². The Morgan fingerprint density at radius 3 is 2.68 bits per heavy atom. The maximum Gasteiger partial charge on any atom is 0.335 e. The van der Waals surface area contributed by atoms with Gasteiger partial charge in [-0.3, -0.25) is 0 Å². The van der Waals surface area contributed by atoms with E-state index >= 15 is 0 Å². The van der Waals surface area contributed by atoms with Crippen molar-refractivity contribution in [2.75, 3.05) is 18.5 Å². The molecule has 1 aromatic heterocycles. The molecular formula is C14H20N2O3. The molecule has 0 aromatic carbocycles. The Morgan fingerprint density at radius 1 is 1.37 bits per heavy atom. The number of hydrogen-bond acceptors (Lipinski definition) is 5. The third-order valence-electron chi connectivity index (χ3n) is 2.37. The average Bonchev–Trinajstić information content (AvgIpc) is 2.39. The van der Waals surface area contributed by atoms with Crippen LogP contribution < -0.4 is 10.1 Å². The molecule has 5 heteroatoms. The first-order valence-corrected chi connectivity index (χ1v) is 6.29. The van der Waals surface area contributed by atoms with Crippen LogP contribution in [0.3, 0.4) is 0 Å². The Kier molecular flexibility index (Phi) is 5.85. The van der Waals surface area contributed by atoms with E-state index in [1.165, 1.54) is 0 Å². The predicted octanol–water partition coefficient (Wildman–Crippen LogP) is 2.67. The van der Waals surface area contributed by atoms with Crippen molar-refractivity contribution in [2.45, 2.75) is 27.7 Å². The highest BCUT2D eigenvalue weighted by Crippen LogP contribution is 2.18. The lowest BCUT2D eigenvalue weighted by atomic mass is 10.3. The molecule has 0 unspecified atom stereocenters. The molecule has 19 heavy (non-hydrogen) atoms. The monoisotopic (exact) mass is 264 g/mol. The number of ether oxygens (including phenoxy) is 2. The fourth-order valence-electron chi connectivity index (χ4n) is 1.42. The summed E-state index contributed by atoms with van der Waals surface area (Å²) in [6.45, 7) is 8.24. The fraction of sp³-hybridized carbons (Fsp3) is 0.429. The van der Waals surface area contributed by atoms with Gasteiger partial charge in [0.05, 0.1) is 24.5 Å². The summed E-state index contributed by atoms with van der Waals surface area (Å²) < 4.78 is 10.3. The van der Waals surface area contributed by atoms with Crippen LogP contribution >= 0.6 is 0 Å². The van der Waals surface area contributed by atoms with E-state index in [0.717, 1.165) is 11.4 Å². The second-order valence-corrected chi connectivity index (χ2v) is 3.91. The van der Waals surface area contributed by atoms with Crippen LogP contribution in [0.15, 0.2) is 23.9 Å². The molecule has 1 N–H and O–H groups in total. The minimum absolute atomic E-state index is 0.336. The Bertz CT molecular complexity index is 470. The topological polar surface area (TPSA) is 60.5 Å². The summed E-state index contributed by atoms with van der Waals surface area (Å²) >= 11 is 0. The Morgan fingerprint density at radius 2 is 2.11 bits per heavy atom. The molecule has 0 radical (unpaired) electrons. The zero-order chi connectivity index (χ0) is 14.3. The molecule has 0 fully saturated rings. The van der Waals surface area contributed by atoms with Crippen molar-refractivity contribution in [2.24, 2.45) is 0 Å². The number of esters is 1.